The van der Waals surface area contributed by atoms with Gasteiger partial charge in [0.2, 0.25) is 5.91 Å². The number of fused-ring (bicyclic) bond motifs is 1. The van der Waals surface area contributed by atoms with E-state index in [9.17, 15) is 4.79 Å². The summed E-state index contributed by atoms with van der Waals surface area (Å²) in [7, 11) is 2.00. The van der Waals surface area contributed by atoms with Gasteiger partial charge in [-0.3, -0.25) is 4.79 Å². The summed E-state index contributed by atoms with van der Waals surface area (Å²) in [5.74, 6) is 0.103. The van der Waals surface area contributed by atoms with Gasteiger partial charge >= 0.3 is 0 Å². The lowest BCUT2D eigenvalue weighted by atomic mass is 10.2. The molecule has 0 aliphatic heterocycles. The van der Waals surface area contributed by atoms with E-state index in [2.05, 4.69) is 37.3 Å². The van der Waals surface area contributed by atoms with Crippen molar-refractivity contribution in [3.8, 4) is 0 Å². The van der Waals surface area contributed by atoms with Crippen molar-refractivity contribution in [1.29, 1.82) is 0 Å². The van der Waals surface area contributed by atoms with Crippen molar-refractivity contribution < 1.29 is 4.79 Å². The summed E-state index contributed by atoms with van der Waals surface area (Å²) in [6.45, 7) is 0.749. The van der Waals surface area contributed by atoms with Crippen LogP contribution in [0.1, 0.15) is 5.56 Å². The predicted molar refractivity (Wildman–Crippen MR) is 125 cm³/mol. The van der Waals surface area contributed by atoms with Gasteiger partial charge < -0.3 is 10.2 Å². The Bertz CT molecular complexity index is 1170. The number of rotatable bonds is 7. The number of carbonyl (C=O) groups excluding carboxylic acids is 1. The second kappa shape index (κ2) is 9.42. The van der Waals surface area contributed by atoms with Crippen LogP contribution >= 0.6 is 34.7 Å². The van der Waals surface area contributed by atoms with E-state index in [1.165, 1.54) is 35.0 Å². The molecule has 0 saturated carbocycles. The molecular weight excluding hydrogens is 438 g/mol. The van der Waals surface area contributed by atoms with Gasteiger partial charge in [-0.1, -0.05) is 71.1 Å². The Kier molecular flexibility index (Phi) is 6.47. The number of amides is 1. The van der Waals surface area contributed by atoms with Gasteiger partial charge in [0.25, 0.3) is 0 Å². The molecule has 0 atom stereocenters. The number of thioether (sulfide) groups is 1. The van der Waals surface area contributed by atoms with Crippen LogP contribution in [0, 0.1) is 0 Å². The Morgan fingerprint density at radius 2 is 2.00 bits per heavy atom. The Morgan fingerprint density at radius 1 is 1.17 bits per heavy atom. The molecule has 2 aromatic carbocycles. The highest BCUT2D eigenvalue weighted by atomic mass is 35.5. The minimum Gasteiger partial charge on any atom is -0.347 e. The number of thiazole rings is 1. The number of nitrogens with zero attached hydrogens (tertiary/aromatic N) is 4. The number of halogens is 1. The van der Waals surface area contributed by atoms with E-state index in [0.29, 0.717) is 16.4 Å². The number of hydrogen-bond acceptors (Lipinski definition) is 7. The van der Waals surface area contributed by atoms with Crippen molar-refractivity contribution in [3.63, 3.8) is 0 Å². The molecule has 0 bridgehead atoms. The lowest BCUT2D eigenvalue weighted by Gasteiger charge is -2.15. The molecule has 0 radical (unpaired) electrons. The average Bonchev–Trinajstić information content (AvgIpc) is 3.18. The lowest BCUT2D eigenvalue weighted by Crippen LogP contribution is -2.15. The van der Waals surface area contributed by atoms with Gasteiger partial charge in [-0.25, -0.2) is 9.97 Å². The number of anilines is 2. The molecule has 6 nitrogen and oxygen atoms in total. The van der Waals surface area contributed by atoms with E-state index in [0.717, 1.165) is 21.4 Å². The summed E-state index contributed by atoms with van der Waals surface area (Å²) in [4.78, 5) is 27.7. The topological polar surface area (TPSA) is 71.0 Å². The van der Waals surface area contributed by atoms with Crippen LogP contribution in [-0.4, -0.2) is 33.7 Å². The van der Waals surface area contributed by atoms with Crippen LogP contribution in [0.5, 0.6) is 0 Å². The van der Waals surface area contributed by atoms with E-state index in [1.807, 2.05) is 25.2 Å². The van der Waals surface area contributed by atoms with Crippen LogP contribution in [0.15, 0.2) is 66.0 Å². The summed E-state index contributed by atoms with van der Waals surface area (Å²) in [6.07, 6.45) is 1.49. The van der Waals surface area contributed by atoms with Crippen molar-refractivity contribution in [2.75, 3.05) is 23.0 Å². The molecule has 0 unspecified atom stereocenters. The van der Waals surface area contributed by atoms with Crippen molar-refractivity contribution in [2.45, 2.75) is 11.6 Å². The summed E-state index contributed by atoms with van der Waals surface area (Å²) >= 11 is 8.86. The monoisotopic (exact) mass is 455 g/mol. The maximum absolute atomic E-state index is 12.3. The first kappa shape index (κ1) is 20.6. The van der Waals surface area contributed by atoms with Crippen molar-refractivity contribution >= 4 is 61.8 Å². The fraction of sp³-hybridized carbons (Fsp3) is 0.143. The minimum absolute atomic E-state index is 0.125. The molecule has 0 saturated heterocycles. The number of carbonyl (C=O) groups is 1. The highest BCUT2D eigenvalue weighted by molar-refractivity contribution is 8.00. The molecule has 1 N–H and O–H groups in total. The lowest BCUT2D eigenvalue weighted by molar-refractivity contribution is -0.113. The minimum atomic E-state index is -0.125. The molecule has 152 valence electrons. The normalized spacial score (nSPS) is 10.9. The molecule has 4 rings (SSSR count). The zero-order valence-electron chi connectivity index (χ0n) is 16.1. The van der Waals surface area contributed by atoms with Crippen molar-refractivity contribution in [3.05, 3.63) is 71.5 Å². The zero-order chi connectivity index (χ0) is 20.9. The van der Waals surface area contributed by atoms with Gasteiger partial charge in [0.1, 0.15) is 16.1 Å². The number of nitrogens with one attached hydrogen (secondary N) is 1. The van der Waals surface area contributed by atoms with Crippen LogP contribution in [0.25, 0.3) is 10.3 Å². The first-order valence-corrected chi connectivity index (χ1v) is 11.3. The highest BCUT2D eigenvalue weighted by Crippen LogP contribution is 2.33. The van der Waals surface area contributed by atoms with E-state index in [1.54, 1.807) is 24.3 Å². The quantitative estimate of drug-likeness (QED) is 0.308. The standard InChI is InChI=1S/C21H18ClN5OS2/c1-27(11-14-6-3-2-4-7-14)21-26-19-18(30-21)20(24-13-23-19)29-12-17(28)25-16-9-5-8-15(22)10-16/h2-10,13H,11-12H2,1H3,(H,25,28). The maximum Gasteiger partial charge on any atom is 0.234 e. The van der Waals surface area contributed by atoms with Gasteiger partial charge in [-0.2, -0.15) is 4.98 Å². The van der Waals surface area contributed by atoms with E-state index >= 15 is 0 Å². The van der Waals surface area contributed by atoms with E-state index in [-0.39, 0.29) is 11.7 Å². The van der Waals surface area contributed by atoms with Crippen molar-refractivity contribution in [2.24, 2.45) is 0 Å². The van der Waals surface area contributed by atoms with Crippen LogP contribution < -0.4 is 10.2 Å². The molecule has 2 heterocycles. The van der Waals surface area contributed by atoms with E-state index < -0.39 is 0 Å². The third-order valence-electron chi connectivity index (χ3n) is 4.18. The molecule has 0 spiro atoms. The Hall–Kier alpha value is -2.68. The van der Waals surface area contributed by atoms with Crippen LogP contribution in [0.3, 0.4) is 0 Å². The Morgan fingerprint density at radius 3 is 2.80 bits per heavy atom. The smallest absolute Gasteiger partial charge is 0.234 e. The van der Waals surface area contributed by atoms with Gasteiger partial charge in [0, 0.05) is 24.3 Å². The largest absolute Gasteiger partial charge is 0.347 e. The molecule has 0 aliphatic carbocycles. The average molecular weight is 456 g/mol. The Balaban J connectivity index is 1.45. The highest BCUT2D eigenvalue weighted by Gasteiger charge is 2.15. The molecule has 9 heteroatoms. The molecule has 4 aromatic rings. The summed E-state index contributed by atoms with van der Waals surface area (Å²) in [6, 6.07) is 17.3. The van der Waals surface area contributed by atoms with Crippen LogP contribution in [0.4, 0.5) is 10.8 Å². The summed E-state index contributed by atoms with van der Waals surface area (Å²) in [5, 5.41) is 5.03. The molecule has 30 heavy (non-hydrogen) atoms. The fourth-order valence-electron chi connectivity index (χ4n) is 2.81. The van der Waals surface area contributed by atoms with Gasteiger partial charge in [-0.05, 0) is 23.8 Å². The second-order valence-electron chi connectivity index (χ2n) is 6.52. The van der Waals surface area contributed by atoms with E-state index in [4.69, 9.17) is 11.6 Å². The predicted octanol–water partition coefficient (Wildman–Crippen LogP) is 5.11. The third kappa shape index (κ3) is 5.08. The molecular formula is C21H18ClN5OS2. The molecule has 1 amide bonds. The SMILES string of the molecule is CN(Cc1ccccc1)c1nc2ncnc(SCC(=O)Nc3cccc(Cl)c3)c2s1. The number of aromatic nitrogens is 3. The maximum atomic E-state index is 12.3. The van der Waals surface area contributed by atoms with Crippen LogP contribution in [0.2, 0.25) is 5.02 Å². The summed E-state index contributed by atoms with van der Waals surface area (Å²) < 4.78 is 0.882. The third-order valence-corrected chi connectivity index (χ3v) is 6.70. The number of benzene rings is 2. The first-order valence-electron chi connectivity index (χ1n) is 9.13. The van der Waals surface area contributed by atoms with Gasteiger partial charge in [0.05, 0.1) is 5.75 Å². The molecule has 0 fully saturated rings. The van der Waals surface area contributed by atoms with Crippen molar-refractivity contribution in [1.82, 2.24) is 15.0 Å². The van der Waals surface area contributed by atoms with Gasteiger partial charge in [0.15, 0.2) is 10.8 Å². The Labute approximate surface area is 187 Å². The molecule has 2 aromatic heterocycles. The first-order chi connectivity index (χ1) is 14.6. The van der Waals surface area contributed by atoms with Gasteiger partial charge in [-0.15, -0.1) is 0 Å². The fourth-order valence-corrected chi connectivity index (χ4v) is 4.85. The zero-order valence-corrected chi connectivity index (χ0v) is 18.5. The number of hydrogen-bond donors (Lipinski definition) is 1. The second-order valence-corrected chi connectivity index (χ2v) is 8.89. The molecule has 0 aliphatic rings. The van der Waals surface area contributed by atoms with Crippen LogP contribution in [-0.2, 0) is 11.3 Å². The summed E-state index contributed by atoms with van der Waals surface area (Å²) in [5.41, 5.74) is 2.52.